The smallest absolute Gasteiger partial charge is 0.431 e. The molecular weight excluding hydrogens is 236 g/mol. The van der Waals surface area contributed by atoms with E-state index in [1.165, 1.54) is 6.08 Å². The number of amides is 1. The van der Waals surface area contributed by atoms with Crippen LogP contribution in [0.15, 0.2) is 17.8 Å². The second-order valence-corrected chi connectivity index (χ2v) is 4.35. The van der Waals surface area contributed by atoms with Crippen molar-refractivity contribution >= 4 is 18.3 Å². The largest absolute Gasteiger partial charge is 0.462 e. The molecule has 0 heterocycles. The molecular formula is C12H20N2O4. The molecule has 0 aliphatic carbocycles. The van der Waals surface area contributed by atoms with Crippen LogP contribution in [-0.2, 0) is 14.3 Å². The average Bonchev–Trinajstić information content (AvgIpc) is 2.22. The first-order chi connectivity index (χ1) is 8.30. The van der Waals surface area contributed by atoms with E-state index in [0.29, 0.717) is 0 Å². The van der Waals surface area contributed by atoms with Crippen molar-refractivity contribution < 1.29 is 19.1 Å². The molecule has 0 aromatic carbocycles. The van der Waals surface area contributed by atoms with Crippen molar-refractivity contribution in [3.8, 4) is 0 Å². The zero-order chi connectivity index (χ0) is 14.2. The zero-order valence-electron chi connectivity index (χ0n) is 11.3. The molecule has 102 valence electrons. The zero-order valence-corrected chi connectivity index (χ0v) is 11.3. The van der Waals surface area contributed by atoms with Crippen LogP contribution in [0, 0.1) is 0 Å². The van der Waals surface area contributed by atoms with Crippen molar-refractivity contribution in [3.63, 3.8) is 0 Å². The second-order valence-electron chi connectivity index (χ2n) is 4.35. The lowest BCUT2D eigenvalue weighted by Gasteiger charge is -2.23. The highest BCUT2D eigenvalue weighted by molar-refractivity contribution is 6.23. The van der Waals surface area contributed by atoms with Crippen LogP contribution in [0.25, 0.3) is 0 Å². The number of nitrogens with zero attached hydrogens (tertiary/aromatic N) is 2. The van der Waals surface area contributed by atoms with Gasteiger partial charge in [0.15, 0.2) is 0 Å². The number of hydrazone groups is 1. The molecule has 6 heteroatoms. The first kappa shape index (κ1) is 16.1. The molecule has 0 aliphatic heterocycles. The lowest BCUT2D eigenvalue weighted by Crippen LogP contribution is -2.34. The summed E-state index contributed by atoms with van der Waals surface area (Å²) in [7, 11) is 0. The fraction of sp³-hybridized carbons (Fsp3) is 0.583. The normalized spacial score (nSPS) is 11.1. The third kappa shape index (κ3) is 7.43. The fourth-order valence-corrected chi connectivity index (χ4v) is 0.902. The van der Waals surface area contributed by atoms with Crippen LogP contribution in [0.1, 0.15) is 27.7 Å². The molecule has 6 nitrogen and oxygen atoms in total. The molecule has 0 fully saturated rings. The standard InChI is InChI=1S/C12H20N2O4/c1-6-8-14(11(16)18-12(3,4)5)13-9-10(15)17-7-2/h6,9H,1,7-8H2,2-5H3/b13-9-. The summed E-state index contributed by atoms with van der Waals surface area (Å²) in [5, 5.41) is 4.70. The average molecular weight is 256 g/mol. The van der Waals surface area contributed by atoms with E-state index in [1.807, 2.05) is 0 Å². The van der Waals surface area contributed by atoms with Gasteiger partial charge in [-0.1, -0.05) is 6.08 Å². The maximum Gasteiger partial charge on any atom is 0.431 e. The van der Waals surface area contributed by atoms with Crippen LogP contribution >= 0.6 is 0 Å². The Labute approximate surface area is 107 Å². The molecule has 0 atom stereocenters. The number of hydrogen-bond acceptors (Lipinski definition) is 5. The number of carbonyl (C=O) groups excluding carboxylic acids is 2. The first-order valence-corrected chi connectivity index (χ1v) is 5.62. The van der Waals surface area contributed by atoms with E-state index < -0.39 is 17.7 Å². The van der Waals surface area contributed by atoms with Gasteiger partial charge < -0.3 is 9.47 Å². The highest BCUT2D eigenvalue weighted by Crippen LogP contribution is 2.10. The van der Waals surface area contributed by atoms with E-state index in [4.69, 9.17) is 4.74 Å². The van der Waals surface area contributed by atoms with Crippen molar-refractivity contribution in [1.29, 1.82) is 0 Å². The summed E-state index contributed by atoms with van der Waals surface area (Å²) < 4.78 is 9.78. The Kier molecular flexibility index (Phi) is 6.70. The third-order valence-electron chi connectivity index (χ3n) is 1.50. The first-order valence-electron chi connectivity index (χ1n) is 5.62. The van der Waals surface area contributed by atoms with Gasteiger partial charge in [0, 0.05) is 0 Å². The lowest BCUT2D eigenvalue weighted by atomic mass is 10.2. The minimum Gasteiger partial charge on any atom is -0.462 e. The maximum absolute atomic E-state index is 11.7. The van der Waals surface area contributed by atoms with Crippen molar-refractivity contribution in [2.75, 3.05) is 13.2 Å². The molecule has 1 amide bonds. The van der Waals surface area contributed by atoms with Gasteiger partial charge in [0.25, 0.3) is 0 Å². The third-order valence-corrected chi connectivity index (χ3v) is 1.50. The Morgan fingerprint density at radius 3 is 2.44 bits per heavy atom. The van der Waals surface area contributed by atoms with Gasteiger partial charge in [0.05, 0.1) is 13.2 Å². The molecule has 0 unspecified atom stereocenters. The van der Waals surface area contributed by atoms with Crippen molar-refractivity contribution in [2.45, 2.75) is 33.3 Å². The number of esters is 1. The lowest BCUT2D eigenvalue weighted by molar-refractivity contribution is -0.134. The van der Waals surface area contributed by atoms with Crippen LogP contribution in [0.4, 0.5) is 4.79 Å². The van der Waals surface area contributed by atoms with Crippen molar-refractivity contribution in [3.05, 3.63) is 12.7 Å². The molecule has 0 bridgehead atoms. The fourth-order valence-electron chi connectivity index (χ4n) is 0.902. The monoisotopic (exact) mass is 256 g/mol. The molecule has 18 heavy (non-hydrogen) atoms. The van der Waals surface area contributed by atoms with Gasteiger partial charge in [-0.25, -0.2) is 9.59 Å². The van der Waals surface area contributed by atoms with E-state index in [2.05, 4.69) is 16.4 Å². The molecule has 0 aromatic heterocycles. The Morgan fingerprint density at radius 2 is 2.00 bits per heavy atom. The SMILES string of the molecule is C=CCN(/N=C\C(=O)OCC)C(=O)OC(C)(C)C. The second kappa shape index (κ2) is 7.47. The predicted octanol–water partition coefficient (Wildman–Crippen LogP) is 1.96. The summed E-state index contributed by atoms with van der Waals surface area (Å²) in [6.07, 6.45) is 1.76. The van der Waals surface area contributed by atoms with Gasteiger partial charge in [-0.05, 0) is 27.7 Å². The molecule has 0 rings (SSSR count). The molecule has 0 saturated heterocycles. The van der Waals surface area contributed by atoms with E-state index in [1.54, 1.807) is 27.7 Å². The topological polar surface area (TPSA) is 68.2 Å². The van der Waals surface area contributed by atoms with Crippen LogP contribution < -0.4 is 0 Å². The van der Waals surface area contributed by atoms with Gasteiger partial charge in [-0.3, -0.25) is 0 Å². The Balaban J connectivity index is 4.60. The quantitative estimate of drug-likeness (QED) is 0.326. The molecule has 0 radical (unpaired) electrons. The van der Waals surface area contributed by atoms with Gasteiger partial charge in [0.1, 0.15) is 11.8 Å². The van der Waals surface area contributed by atoms with E-state index in [9.17, 15) is 9.59 Å². The van der Waals surface area contributed by atoms with Crippen LogP contribution in [0.5, 0.6) is 0 Å². The highest BCUT2D eigenvalue weighted by atomic mass is 16.6. The number of hydrogen-bond donors (Lipinski definition) is 0. The molecule has 0 spiro atoms. The number of carbonyl (C=O) groups is 2. The van der Waals surface area contributed by atoms with Gasteiger partial charge in [0.2, 0.25) is 0 Å². The van der Waals surface area contributed by atoms with Crippen LogP contribution in [0.3, 0.4) is 0 Å². The molecule has 0 N–H and O–H groups in total. The summed E-state index contributed by atoms with van der Waals surface area (Å²) in [6, 6.07) is 0. The van der Waals surface area contributed by atoms with Crippen LogP contribution in [0.2, 0.25) is 0 Å². The Morgan fingerprint density at radius 1 is 1.39 bits per heavy atom. The van der Waals surface area contributed by atoms with Crippen molar-refractivity contribution in [2.24, 2.45) is 5.10 Å². The predicted molar refractivity (Wildman–Crippen MR) is 68.3 cm³/mol. The van der Waals surface area contributed by atoms with E-state index in [0.717, 1.165) is 11.2 Å². The van der Waals surface area contributed by atoms with Gasteiger partial charge >= 0.3 is 12.1 Å². The van der Waals surface area contributed by atoms with Crippen molar-refractivity contribution in [1.82, 2.24) is 5.01 Å². The van der Waals surface area contributed by atoms with E-state index in [-0.39, 0.29) is 13.2 Å². The minimum absolute atomic E-state index is 0.144. The summed E-state index contributed by atoms with van der Waals surface area (Å²) >= 11 is 0. The maximum atomic E-state index is 11.7. The molecule has 0 aliphatic rings. The van der Waals surface area contributed by atoms with Gasteiger partial charge in [-0.15, -0.1) is 6.58 Å². The summed E-state index contributed by atoms with van der Waals surface area (Å²) in [6.45, 7) is 10.8. The minimum atomic E-state index is -0.650. The Bertz CT molecular complexity index is 331. The summed E-state index contributed by atoms with van der Waals surface area (Å²) in [5.41, 5.74) is -0.629. The summed E-state index contributed by atoms with van der Waals surface area (Å²) in [4.78, 5) is 22.8. The number of rotatable bonds is 5. The Hall–Kier alpha value is -1.85. The van der Waals surface area contributed by atoms with Gasteiger partial charge in [-0.2, -0.15) is 10.1 Å². The van der Waals surface area contributed by atoms with E-state index >= 15 is 0 Å². The summed E-state index contributed by atoms with van der Waals surface area (Å²) in [5.74, 6) is -0.616. The highest BCUT2D eigenvalue weighted by Gasteiger charge is 2.21. The van der Waals surface area contributed by atoms with Crippen LogP contribution in [-0.4, -0.2) is 42.0 Å². The number of ether oxygens (including phenoxy) is 2. The molecule has 0 aromatic rings. The molecule has 0 saturated carbocycles.